The van der Waals surface area contributed by atoms with E-state index in [1.54, 1.807) is 34.6 Å². The molecule has 1 aliphatic heterocycles. The molecule has 0 atom stereocenters. The van der Waals surface area contributed by atoms with Gasteiger partial charge in [0.15, 0.2) is 5.13 Å². The molecule has 4 N–H and O–H groups in total. The number of hydrogen-bond donors (Lipinski definition) is 3. The van der Waals surface area contributed by atoms with Crippen LogP contribution in [-0.2, 0) is 27.8 Å². The molecule has 1 aromatic carbocycles. The van der Waals surface area contributed by atoms with Crippen LogP contribution in [-0.4, -0.2) is 72.2 Å². The maximum atomic E-state index is 12.4. The Kier molecular flexibility index (Phi) is 8.30. The van der Waals surface area contributed by atoms with Crippen molar-refractivity contribution >= 4 is 56.2 Å². The van der Waals surface area contributed by atoms with Gasteiger partial charge in [-0.05, 0) is 17.2 Å². The quantitative estimate of drug-likeness (QED) is 0.489. The van der Waals surface area contributed by atoms with E-state index in [9.17, 15) is 18.0 Å². The van der Waals surface area contributed by atoms with Gasteiger partial charge in [-0.3, -0.25) is 9.52 Å². The van der Waals surface area contributed by atoms with Gasteiger partial charge >= 0.3 is 6.09 Å². The van der Waals surface area contributed by atoms with Crippen LogP contribution in [0.4, 0.5) is 9.93 Å². The maximum Gasteiger partial charge on any atom is 0.407 e. The summed E-state index contributed by atoms with van der Waals surface area (Å²) in [6, 6.07) is 5.29. The molecule has 2 aromatic rings. The van der Waals surface area contributed by atoms with E-state index in [0.29, 0.717) is 23.8 Å². The van der Waals surface area contributed by atoms with Gasteiger partial charge in [-0.1, -0.05) is 35.9 Å². The van der Waals surface area contributed by atoms with Crippen molar-refractivity contribution in [1.82, 2.24) is 14.8 Å². The standard InChI is InChI=1S/C20H24ClN5O5S2/c21-17-5-1-3-14(16(17)12-22)4-2-10-33(30,31)24-19-23-15(13-32-19)11-18(27)25-6-8-26(9-7-25)20(28)29/h1-5,13H,6-12,22H2,(H,23,24)(H,28,29). The molecule has 13 heteroatoms. The summed E-state index contributed by atoms with van der Waals surface area (Å²) in [4.78, 5) is 30.5. The summed E-state index contributed by atoms with van der Waals surface area (Å²) in [6.07, 6.45) is 2.17. The van der Waals surface area contributed by atoms with Crippen molar-refractivity contribution in [3.63, 3.8) is 0 Å². The van der Waals surface area contributed by atoms with E-state index in [1.165, 1.54) is 11.0 Å². The average molecular weight is 514 g/mol. The lowest BCUT2D eigenvalue weighted by Gasteiger charge is -2.33. The highest BCUT2D eigenvalue weighted by Gasteiger charge is 2.24. The van der Waals surface area contributed by atoms with Crippen molar-refractivity contribution in [3.05, 3.63) is 51.5 Å². The fraction of sp³-hybridized carbons (Fsp3) is 0.350. The molecular formula is C20H24ClN5O5S2. The van der Waals surface area contributed by atoms with Gasteiger partial charge in [0, 0.05) is 43.1 Å². The SMILES string of the molecule is NCc1c(Cl)cccc1C=CCS(=O)(=O)Nc1nc(CC(=O)N2CCN(C(=O)O)CC2)cs1. The minimum atomic E-state index is -3.69. The van der Waals surface area contributed by atoms with Crippen molar-refractivity contribution < 1.29 is 23.1 Å². The highest BCUT2D eigenvalue weighted by atomic mass is 35.5. The second kappa shape index (κ2) is 11.0. The normalized spacial score (nSPS) is 14.6. The lowest BCUT2D eigenvalue weighted by atomic mass is 10.1. The fourth-order valence-electron chi connectivity index (χ4n) is 3.27. The van der Waals surface area contributed by atoms with Crippen LogP contribution < -0.4 is 10.5 Å². The van der Waals surface area contributed by atoms with Gasteiger partial charge in [-0.2, -0.15) is 0 Å². The van der Waals surface area contributed by atoms with Crippen LogP contribution in [0, 0.1) is 0 Å². The first-order valence-electron chi connectivity index (χ1n) is 10.0. The minimum Gasteiger partial charge on any atom is -0.465 e. The van der Waals surface area contributed by atoms with Gasteiger partial charge < -0.3 is 20.6 Å². The van der Waals surface area contributed by atoms with Gasteiger partial charge in [0.25, 0.3) is 0 Å². The third kappa shape index (κ3) is 6.90. The Balaban J connectivity index is 1.53. The maximum absolute atomic E-state index is 12.4. The van der Waals surface area contributed by atoms with Crippen molar-refractivity contribution in [3.8, 4) is 0 Å². The summed E-state index contributed by atoms with van der Waals surface area (Å²) in [5, 5.41) is 11.3. The number of amides is 2. The van der Waals surface area contributed by atoms with Gasteiger partial charge in [0.05, 0.1) is 17.9 Å². The van der Waals surface area contributed by atoms with Crippen LogP contribution in [0.1, 0.15) is 16.8 Å². The van der Waals surface area contributed by atoms with E-state index in [-0.39, 0.29) is 42.8 Å². The molecule has 33 heavy (non-hydrogen) atoms. The number of hydrogen-bond acceptors (Lipinski definition) is 7. The first-order chi connectivity index (χ1) is 15.7. The number of nitrogens with one attached hydrogen (secondary N) is 1. The smallest absolute Gasteiger partial charge is 0.407 e. The van der Waals surface area contributed by atoms with Gasteiger partial charge in [0.1, 0.15) is 0 Å². The second-order valence-corrected chi connectivity index (χ2v) is 10.3. The number of thiazole rings is 1. The summed E-state index contributed by atoms with van der Waals surface area (Å²) in [7, 11) is -3.69. The van der Waals surface area contributed by atoms with Crippen molar-refractivity contribution in [2.24, 2.45) is 5.73 Å². The van der Waals surface area contributed by atoms with Gasteiger partial charge in [0.2, 0.25) is 15.9 Å². The molecule has 0 unspecified atom stereocenters. The molecule has 0 saturated carbocycles. The first-order valence-corrected chi connectivity index (χ1v) is 12.9. The highest BCUT2D eigenvalue weighted by Crippen LogP contribution is 2.21. The van der Waals surface area contributed by atoms with Crippen LogP contribution in [0.2, 0.25) is 5.02 Å². The zero-order valence-electron chi connectivity index (χ0n) is 17.6. The second-order valence-electron chi connectivity index (χ2n) is 7.27. The van der Waals surface area contributed by atoms with Crippen LogP contribution >= 0.6 is 22.9 Å². The summed E-state index contributed by atoms with van der Waals surface area (Å²) in [5.41, 5.74) is 7.64. The molecule has 1 fully saturated rings. The first kappa shape index (κ1) is 25.0. The van der Waals surface area contributed by atoms with E-state index in [4.69, 9.17) is 22.4 Å². The van der Waals surface area contributed by atoms with Crippen molar-refractivity contribution in [2.45, 2.75) is 13.0 Å². The molecule has 2 amide bonds. The molecule has 0 radical (unpaired) electrons. The van der Waals surface area contributed by atoms with Crippen molar-refractivity contribution in [1.29, 1.82) is 0 Å². The zero-order valence-corrected chi connectivity index (χ0v) is 20.0. The van der Waals surface area contributed by atoms with E-state index in [1.807, 2.05) is 0 Å². The molecule has 0 bridgehead atoms. The Bertz CT molecular complexity index is 1140. The topological polar surface area (TPSA) is 146 Å². The molecule has 10 nitrogen and oxygen atoms in total. The Morgan fingerprint density at radius 1 is 1.24 bits per heavy atom. The Morgan fingerprint density at radius 2 is 1.94 bits per heavy atom. The largest absolute Gasteiger partial charge is 0.465 e. The zero-order chi connectivity index (χ0) is 24.0. The predicted octanol–water partition coefficient (Wildman–Crippen LogP) is 2.07. The van der Waals surface area contributed by atoms with Crippen LogP contribution in [0.15, 0.2) is 29.7 Å². The van der Waals surface area contributed by atoms with Gasteiger partial charge in [-0.25, -0.2) is 18.2 Å². The number of carboxylic acid groups (broad SMARTS) is 1. The number of benzene rings is 1. The molecule has 1 aliphatic rings. The van der Waals surface area contributed by atoms with Crippen molar-refractivity contribution in [2.75, 3.05) is 36.7 Å². The fourth-order valence-corrected chi connectivity index (χ4v) is 5.40. The third-order valence-electron chi connectivity index (χ3n) is 5.00. The Morgan fingerprint density at radius 3 is 2.61 bits per heavy atom. The molecule has 2 heterocycles. The number of sulfonamides is 1. The predicted molar refractivity (Wildman–Crippen MR) is 128 cm³/mol. The molecule has 178 valence electrons. The number of nitrogens with two attached hydrogens (primary N) is 1. The number of nitrogens with zero attached hydrogens (tertiary/aromatic N) is 3. The number of rotatable bonds is 8. The van der Waals surface area contributed by atoms with E-state index < -0.39 is 16.1 Å². The lowest BCUT2D eigenvalue weighted by Crippen LogP contribution is -2.50. The van der Waals surface area contributed by atoms with E-state index >= 15 is 0 Å². The number of aromatic nitrogens is 1. The monoisotopic (exact) mass is 513 g/mol. The summed E-state index contributed by atoms with van der Waals surface area (Å²) < 4.78 is 27.2. The van der Waals surface area contributed by atoms with Crippen LogP contribution in [0.25, 0.3) is 6.08 Å². The summed E-state index contributed by atoms with van der Waals surface area (Å²) in [5.74, 6) is -0.453. The molecule has 0 spiro atoms. The molecular weight excluding hydrogens is 490 g/mol. The number of piperazine rings is 1. The Labute approximate surface area is 200 Å². The number of anilines is 1. The molecule has 1 saturated heterocycles. The molecule has 1 aromatic heterocycles. The Hall–Kier alpha value is -2.67. The van der Waals surface area contributed by atoms with E-state index in [2.05, 4.69) is 9.71 Å². The van der Waals surface area contributed by atoms with Gasteiger partial charge in [-0.15, -0.1) is 11.3 Å². The average Bonchev–Trinajstić information content (AvgIpc) is 3.19. The van der Waals surface area contributed by atoms with Crippen LogP contribution in [0.3, 0.4) is 0 Å². The number of carbonyl (C=O) groups is 2. The molecule has 3 rings (SSSR count). The number of halogens is 1. The van der Waals surface area contributed by atoms with Crippen LogP contribution in [0.5, 0.6) is 0 Å². The highest BCUT2D eigenvalue weighted by molar-refractivity contribution is 7.93. The summed E-state index contributed by atoms with van der Waals surface area (Å²) in [6.45, 7) is 1.40. The minimum absolute atomic E-state index is 0.0157. The number of carbonyl (C=O) groups excluding carboxylic acids is 1. The third-order valence-corrected chi connectivity index (χ3v) is 7.43. The summed E-state index contributed by atoms with van der Waals surface area (Å²) >= 11 is 7.20. The van der Waals surface area contributed by atoms with E-state index in [0.717, 1.165) is 22.5 Å². The lowest BCUT2D eigenvalue weighted by molar-refractivity contribution is -0.132. The molecule has 0 aliphatic carbocycles.